The van der Waals surface area contributed by atoms with Crippen molar-refractivity contribution in [2.45, 2.75) is 56.1 Å². The summed E-state index contributed by atoms with van der Waals surface area (Å²) in [6.45, 7) is 6.17. The molecule has 1 aromatic carbocycles. The van der Waals surface area contributed by atoms with Gasteiger partial charge in [0.25, 0.3) is 0 Å². The number of amides is 1. The van der Waals surface area contributed by atoms with E-state index in [4.69, 9.17) is 0 Å². The zero-order valence-electron chi connectivity index (χ0n) is 16.2. The maximum Gasteiger partial charge on any atom is 0.220 e. The van der Waals surface area contributed by atoms with Crippen molar-refractivity contribution >= 4 is 15.7 Å². The lowest BCUT2D eigenvalue weighted by Crippen LogP contribution is -2.31. The predicted molar refractivity (Wildman–Crippen MR) is 107 cm³/mol. The number of unbranched alkanes of at least 4 members (excludes halogenated alkanes) is 1. The highest BCUT2D eigenvalue weighted by Crippen LogP contribution is 2.29. The topological polar surface area (TPSA) is 76.1 Å². The van der Waals surface area contributed by atoms with Gasteiger partial charge in [-0.3, -0.25) is 9.78 Å². The third kappa shape index (κ3) is 5.63. The number of hydrogen-bond acceptors (Lipinski definition) is 4. The third-order valence-electron chi connectivity index (χ3n) is 4.55. The molecule has 1 heterocycles. The molecule has 146 valence electrons. The molecule has 1 amide bonds. The summed E-state index contributed by atoms with van der Waals surface area (Å²) in [6.07, 6.45) is 5.25. The monoisotopic (exact) mass is 388 g/mol. The number of rotatable bonds is 9. The summed E-state index contributed by atoms with van der Waals surface area (Å²) < 4.78 is 26.5. The highest BCUT2D eigenvalue weighted by molar-refractivity contribution is 7.91. The SMILES string of the molecule is CCCCC(=O)NC[C@H](c1cccnc1)S(=O)(=O)c1ccc(C(C)C)cc1. The van der Waals surface area contributed by atoms with Crippen LogP contribution in [-0.2, 0) is 14.6 Å². The van der Waals surface area contributed by atoms with Crippen molar-refractivity contribution in [1.29, 1.82) is 0 Å². The van der Waals surface area contributed by atoms with E-state index >= 15 is 0 Å². The van der Waals surface area contributed by atoms with Crippen LogP contribution in [0.15, 0.2) is 53.7 Å². The second-order valence-electron chi connectivity index (χ2n) is 6.95. The van der Waals surface area contributed by atoms with E-state index in [1.807, 2.05) is 19.1 Å². The highest BCUT2D eigenvalue weighted by atomic mass is 32.2. The number of sulfone groups is 1. The molecule has 0 aliphatic heterocycles. The van der Waals surface area contributed by atoms with Crippen LogP contribution in [0.2, 0.25) is 0 Å². The van der Waals surface area contributed by atoms with Crippen LogP contribution in [0.4, 0.5) is 0 Å². The molecule has 0 spiro atoms. The molecule has 1 aromatic heterocycles. The molecule has 2 rings (SSSR count). The van der Waals surface area contributed by atoms with E-state index in [2.05, 4.69) is 24.1 Å². The summed E-state index contributed by atoms with van der Waals surface area (Å²) in [5.74, 6) is 0.199. The summed E-state index contributed by atoms with van der Waals surface area (Å²) in [4.78, 5) is 16.3. The lowest BCUT2D eigenvalue weighted by molar-refractivity contribution is -0.121. The van der Waals surface area contributed by atoms with E-state index < -0.39 is 15.1 Å². The Morgan fingerprint density at radius 1 is 1.11 bits per heavy atom. The fraction of sp³-hybridized carbons (Fsp3) is 0.429. The molecule has 0 saturated heterocycles. The summed E-state index contributed by atoms with van der Waals surface area (Å²) >= 11 is 0. The Bertz CT molecular complexity index is 831. The van der Waals surface area contributed by atoms with Gasteiger partial charge in [0.15, 0.2) is 9.84 Å². The normalized spacial score (nSPS) is 12.7. The number of aromatic nitrogens is 1. The quantitative estimate of drug-likeness (QED) is 0.704. The van der Waals surface area contributed by atoms with Crippen molar-refractivity contribution in [3.05, 3.63) is 59.9 Å². The number of hydrogen-bond donors (Lipinski definition) is 1. The van der Waals surface area contributed by atoms with E-state index in [0.29, 0.717) is 17.9 Å². The smallest absolute Gasteiger partial charge is 0.220 e. The first-order valence-electron chi connectivity index (χ1n) is 9.36. The fourth-order valence-electron chi connectivity index (χ4n) is 2.81. The highest BCUT2D eigenvalue weighted by Gasteiger charge is 2.29. The van der Waals surface area contributed by atoms with Crippen LogP contribution >= 0.6 is 0 Å². The molecule has 0 bridgehead atoms. The van der Waals surface area contributed by atoms with Gasteiger partial charge in [-0.25, -0.2) is 8.42 Å². The van der Waals surface area contributed by atoms with Crippen LogP contribution in [-0.4, -0.2) is 25.9 Å². The number of nitrogens with one attached hydrogen (secondary N) is 1. The largest absolute Gasteiger partial charge is 0.354 e. The molecular weight excluding hydrogens is 360 g/mol. The van der Waals surface area contributed by atoms with Gasteiger partial charge in [0.1, 0.15) is 5.25 Å². The summed E-state index contributed by atoms with van der Waals surface area (Å²) in [5, 5.41) is 1.90. The second-order valence-corrected chi connectivity index (χ2v) is 9.08. The second kappa shape index (κ2) is 9.65. The molecule has 6 heteroatoms. The lowest BCUT2D eigenvalue weighted by Gasteiger charge is -2.19. The lowest BCUT2D eigenvalue weighted by atomic mass is 10.0. The molecule has 0 aliphatic rings. The van der Waals surface area contributed by atoms with E-state index in [9.17, 15) is 13.2 Å². The van der Waals surface area contributed by atoms with E-state index in [-0.39, 0.29) is 17.3 Å². The van der Waals surface area contributed by atoms with E-state index in [1.54, 1.807) is 36.7 Å². The Morgan fingerprint density at radius 3 is 2.37 bits per heavy atom. The van der Waals surface area contributed by atoms with Gasteiger partial charge in [-0.15, -0.1) is 0 Å². The van der Waals surface area contributed by atoms with Crippen LogP contribution in [0.5, 0.6) is 0 Å². The van der Waals surface area contributed by atoms with Gasteiger partial charge in [0, 0.05) is 25.4 Å². The molecule has 0 unspecified atom stereocenters. The molecule has 2 aromatic rings. The Balaban J connectivity index is 2.29. The van der Waals surface area contributed by atoms with Gasteiger partial charge < -0.3 is 5.32 Å². The van der Waals surface area contributed by atoms with Crippen LogP contribution < -0.4 is 5.32 Å². The number of pyridine rings is 1. The third-order valence-corrected chi connectivity index (χ3v) is 6.67. The van der Waals surface area contributed by atoms with E-state index in [1.165, 1.54) is 0 Å². The maximum atomic E-state index is 13.3. The first kappa shape index (κ1) is 21.1. The average Bonchev–Trinajstić information content (AvgIpc) is 2.67. The fourth-order valence-corrected chi connectivity index (χ4v) is 4.46. The average molecular weight is 389 g/mol. The Morgan fingerprint density at radius 2 is 1.81 bits per heavy atom. The number of carbonyl (C=O) groups is 1. The molecule has 0 fully saturated rings. The van der Waals surface area contributed by atoms with Gasteiger partial charge >= 0.3 is 0 Å². The van der Waals surface area contributed by atoms with Gasteiger partial charge in [0.2, 0.25) is 5.91 Å². The van der Waals surface area contributed by atoms with Gasteiger partial charge in [-0.1, -0.05) is 45.4 Å². The molecule has 0 aliphatic carbocycles. The van der Waals surface area contributed by atoms with Crippen LogP contribution in [0, 0.1) is 0 Å². The van der Waals surface area contributed by atoms with Gasteiger partial charge in [-0.2, -0.15) is 0 Å². The van der Waals surface area contributed by atoms with Crippen LogP contribution in [0.25, 0.3) is 0 Å². The minimum absolute atomic E-state index is 0.0303. The van der Waals surface area contributed by atoms with Gasteiger partial charge in [0.05, 0.1) is 4.90 Å². The predicted octanol–water partition coefficient (Wildman–Crippen LogP) is 4.03. The van der Waals surface area contributed by atoms with Crippen LogP contribution in [0.1, 0.15) is 62.3 Å². The van der Waals surface area contributed by atoms with Crippen molar-refractivity contribution in [1.82, 2.24) is 10.3 Å². The Labute approximate surface area is 162 Å². The summed E-state index contributed by atoms with van der Waals surface area (Å²) in [6, 6.07) is 10.4. The molecule has 0 saturated carbocycles. The van der Waals surface area contributed by atoms with Crippen molar-refractivity contribution < 1.29 is 13.2 Å². The summed E-state index contributed by atoms with van der Waals surface area (Å²) in [7, 11) is -3.67. The number of carbonyl (C=O) groups excluding carboxylic acids is 1. The van der Waals surface area contributed by atoms with Crippen molar-refractivity contribution in [2.75, 3.05) is 6.54 Å². The minimum atomic E-state index is -3.67. The maximum absolute atomic E-state index is 13.3. The van der Waals surface area contributed by atoms with Crippen LogP contribution in [0.3, 0.4) is 0 Å². The summed E-state index contributed by atoms with van der Waals surface area (Å²) in [5.41, 5.74) is 1.65. The molecule has 1 N–H and O–H groups in total. The molecule has 5 nitrogen and oxygen atoms in total. The Hall–Kier alpha value is -2.21. The van der Waals surface area contributed by atoms with Crippen molar-refractivity contribution in [3.63, 3.8) is 0 Å². The van der Waals surface area contributed by atoms with Gasteiger partial charge in [-0.05, 0) is 41.7 Å². The van der Waals surface area contributed by atoms with E-state index in [0.717, 1.165) is 18.4 Å². The number of benzene rings is 1. The first-order chi connectivity index (χ1) is 12.9. The zero-order chi connectivity index (χ0) is 19.9. The molecular formula is C21H28N2O3S. The molecule has 1 atom stereocenters. The zero-order valence-corrected chi connectivity index (χ0v) is 17.0. The standard InChI is InChI=1S/C21H28N2O3S/c1-4-5-8-21(24)23-15-20(18-7-6-13-22-14-18)27(25,26)19-11-9-17(10-12-19)16(2)3/h6-7,9-14,16,20H,4-5,8,15H2,1-3H3,(H,23,24)/t20-/m1/s1. The van der Waals surface area contributed by atoms with Crippen molar-refractivity contribution in [2.24, 2.45) is 0 Å². The Kier molecular flexibility index (Phi) is 7.54. The molecule has 0 radical (unpaired) electrons. The minimum Gasteiger partial charge on any atom is -0.354 e. The van der Waals surface area contributed by atoms with Crippen molar-refractivity contribution in [3.8, 4) is 0 Å². The number of nitrogens with zero attached hydrogens (tertiary/aromatic N) is 1. The first-order valence-corrected chi connectivity index (χ1v) is 10.9. The molecule has 27 heavy (non-hydrogen) atoms.